The molecular weight excluding hydrogens is 1060 g/mol. The Bertz CT molecular complexity index is 4590. The largest absolute Gasteiger partial charge is 0.330 e. The molecule has 2 atom stereocenters. The van der Waals surface area contributed by atoms with Gasteiger partial charge in [0, 0.05) is 45.4 Å². The first kappa shape index (κ1) is 54.3. The summed E-state index contributed by atoms with van der Waals surface area (Å²) < 4.78 is 0. The summed E-state index contributed by atoms with van der Waals surface area (Å²) in [6.45, 7) is 21.6. The number of hydrogen-bond acceptors (Lipinski definition) is 3. The van der Waals surface area contributed by atoms with Crippen LogP contribution in [0.5, 0.6) is 0 Å². The van der Waals surface area contributed by atoms with Crippen LogP contribution in [0.3, 0.4) is 0 Å². The van der Waals surface area contributed by atoms with Gasteiger partial charge in [0.05, 0.1) is 16.6 Å². The van der Waals surface area contributed by atoms with E-state index >= 15 is 0 Å². The van der Waals surface area contributed by atoms with E-state index in [4.69, 9.17) is 0 Å². The molecule has 0 saturated heterocycles. The van der Waals surface area contributed by atoms with Crippen molar-refractivity contribution < 1.29 is 0 Å². The maximum absolute atomic E-state index is 2.83. The first-order valence-electron chi connectivity index (χ1n) is 32.1. The maximum atomic E-state index is 2.83. The first-order valence-corrected chi connectivity index (χ1v) is 32.1. The minimum atomic E-state index is -0.582. The molecule has 16 rings (SSSR count). The van der Waals surface area contributed by atoms with Crippen LogP contribution in [-0.2, 0) is 41.0 Å². The van der Waals surface area contributed by atoms with Gasteiger partial charge in [0.15, 0.2) is 0 Å². The molecule has 11 aromatic rings. The van der Waals surface area contributed by atoms with Gasteiger partial charge in [-0.3, -0.25) is 0 Å². The van der Waals surface area contributed by atoms with Crippen LogP contribution in [0.25, 0.3) is 33.4 Å². The van der Waals surface area contributed by atoms with Crippen LogP contribution in [0.2, 0.25) is 0 Å². The van der Waals surface area contributed by atoms with Gasteiger partial charge >= 0.3 is 0 Å². The zero-order valence-electron chi connectivity index (χ0n) is 52.4. The van der Waals surface area contributed by atoms with Crippen molar-refractivity contribution in [2.45, 2.75) is 110 Å². The summed E-state index contributed by atoms with van der Waals surface area (Å²) in [5.41, 5.74) is 31.0. The fourth-order valence-electron chi connectivity index (χ4n) is 16.7. The molecule has 11 aromatic carbocycles. The molecule has 0 aromatic heterocycles. The van der Waals surface area contributed by atoms with E-state index < -0.39 is 11.0 Å². The Morgan fingerprint density at radius 3 is 1.60 bits per heavy atom. The lowest BCUT2D eigenvalue weighted by Gasteiger charge is -2.53. The smallest absolute Gasteiger partial charge is 0.252 e. The average molecular weight is 1140 g/mol. The lowest BCUT2D eigenvalue weighted by molar-refractivity contribution is 0.270. The van der Waals surface area contributed by atoms with Crippen molar-refractivity contribution >= 4 is 68.6 Å². The summed E-state index contributed by atoms with van der Waals surface area (Å²) in [4.78, 5) is 8.23. The SMILES string of the molecule is CC1(C)Cc2cc3c(cc2C1)N(c1ccc(C(C)(C)C)cc1-c1ccccc1)c1cc(N2c4ccc(C(C)(C)C)cc4C4(c5ccccc5)CCc5ccccc5C24C)cc2c1B3c1ccc(-c3ccccc3)cc1N2c1cccc(-c2ccccc2)c1. The molecule has 5 aliphatic rings. The number of rotatable bonds is 7. The van der Waals surface area contributed by atoms with Crippen LogP contribution in [0.1, 0.15) is 113 Å². The molecule has 3 heterocycles. The zero-order valence-corrected chi connectivity index (χ0v) is 52.4. The molecule has 430 valence electrons. The van der Waals surface area contributed by atoms with E-state index in [1.807, 2.05) is 0 Å². The summed E-state index contributed by atoms with van der Waals surface area (Å²) in [5, 5.41) is 0. The van der Waals surface area contributed by atoms with Gasteiger partial charge in [-0.2, -0.15) is 0 Å². The van der Waals surface area contributed by atoms with Gasteiger partial charge in [-0.05, 0) is 192 Å². The summed E-state index contributed by atoms with van der Waals surface area (Å²) in [6, 6.07) is 96.4. The van der Waals surface area contributed by atoms with Gasteiger partial charge in [-0.25, -0.2) is 0 Å². The Balaban J connectivity index is 1.08. The Hall–Kier alpha value is -9.12. The maximum Gasteiger partial charge on any atom is 0.252 e. The Morgan fingerprint density at radius 1 is 0.375 bits per heavy atom. The molecule has 2 aliphatic carbocycles. The molecule has 0 amide bonds. The quantitative estimate of drug-likeness (QED) is 0.147. The van der Waals surface area contributed by atoms with Crippen LogP contribution >= 0.6 is 0 Å². The predicted octanol–water partition coefficient (Wildman–Crippen LogP) is 19.8. The molecule has 0 N–H and O–H groups in total. The molecular formula is C84H76BN3. The van der Waals surface area contributed by atoms with Crippen molar-refractivity contribution in [2.24, 2.45) is 5.41 Å². The third-order valence-corrected chi connectivity index (χ3v) is 20.9. The monoisotopic (exact) mass is 1140 g/mol. The van der Waals surface area contributed by atoms with E-state index in [0.29, 0.717) is 0 Å². The van der Waals surface area contributed by atoms with Crippen molar-refractivity contribution in [3.63, 3.8) is 0 Å². The Kier molecular flexibility index (Phi) is 12.2. The molecule has 3 aliphatic heterocycles. The molecule has 0 fully saturated rings. The normalized spacial score (nSPS) is 18.4. The van der Waals surface area contributed by atoms with Crippen LogP contribution in [0, 0.1) is 5.41 Å². The summed E-state index contributed by atoms with van der Waals surface area (Å²) >= 11 is 0. The molecule has 4 heteroatoms. The first-order chi connectivity index (χ1) is 42.5. The minimum Gasteiger partial charge on any atom is -0.330 e. The van der Waals surface area contributed by atoms with Crippen LogP contribution in [0.4, 0.5) is 45.5 Å². The summed E-state index contributed by atoms with van der Waals surface area (Å²) in [5.74, 6) is 0. The van der Waals surface area contributed by atoms with Gasteiger partial charge in [-0.1, -0.05) is 250 Å². The fourth-order valence-corrected chi connectivity index (χ4v) is 16.7. The third-order valence-electron chi connectivity index (χ3n) is 20.9. The summed E-state index contributed by atoms with van der Waals surface area (Å²) in [7, 11) is 0. The van der Waals surface area contributed by atoms with Crippen LogP contribution in [-0.4, -0.2) is 6.71 Å². The standard InChI is InChI=1S/C84H76BN3/c1-80(2,3)64-38-41-73(68(49-64)57-29-18-12-19-30-57)87-76-48-62-54-82(7,8)53-61(62)46-72(76)85-71-40-37-60(56-27-16-11-17-28-56)47-75(71)86(66-35-24-32-59(45-66)55-25-14-10-15-26-55)77-51-67(52-78(87)79(77)85)88-74-42-39-65(81(4,5)6)50-70(74)84(63-33-20-13-21-34-63)44-43-58-31-22-23-36-69(58)83(84,88)9/h10-42,45-52H,43-44,53-54H2,1-9H3. The van der Waals surface area contributed by atoms with Gasteiger partial charge < -0.3 is 14.7 Å². The number of benzene rings is 11. The Morgan fingerprint density at radius 2 is 0.932 bits per heavy atom. The highest BCUT2D eigenvalue weighted by molar-refractivity contribution is 7.00. The van der Waals surface area contributed by atoms with Gasteiger partial charge in [0.2, 0.25) is 0 Å². The number of anilines is 8. The van der Waals surface area contributed by atoms with Gasteiger partial charge in [0.25, 0.3) is 6.71 Å². The molecule has 88 heavy (non-hydrogen) atoms. The number of nitrogens with zero attached hydrogens (tertiary/aromatic N) is 3. The van der Waals surface area contributed by atoms with E-state index in [0.717, 1.165) is 31.4 Å². The van der Waals surface area contributed by atoms with Crippen molar-refractivity contribution in [3.05, 3.63) is 293 Å². The fraction of sp³-hybridized carbons (Fsp3) is 0.214. The van der Waals surface area contributed by atoms with E-state index in [1.165, 1.54) is 134 Å². The molecule has 0 saturated carbocycles. The van der Waals surface area contributed by atoms with Crippen molar-refractivity contribution in [1.82, 2.24) is 0 Å². The van der Waals surface area contributed by atoms with E-state index in [2.05, 4.69) is 326 Å². The van der Waals surface area contributed by atoms with Crippen LogP contribution in [0.15, 0.2) is 249 Å². The molecule has 2 unspecified atom stereocenters. The summed E-state index contributed by atoms with van der Waals surface area (Å²) in [6.07, 6.45) is 4.03. The lowest BCUT2D eigenvalue weighted by atomic mass is 9.33. The molecule has 0 spiro atoms. The Labute approximate surface area is 522 Å². The van der Waals surface area contributed by atoms with Gasteiger partial charge in [0.1, 0.15) is 0 Å². The third kappa shape index (κ3) is 8.23. The minimum absolute atomic E-state index is 0.0721. The second-order valence-electron chi connectivity index (χ2n) is 28.9. The van der Waals surface area contributed by atoms with Crippen molar-refractivity contribution in [1.29, 1.82) is 0 Å². The lowest BCUT2D eigenvalue weighted by Crippen LogP contribution is -2.61. The predicted molar refractivity (Wildman–Crippen MR) is 373 cm³/mol. The number of aryl methyl sites for hydroxylation is 1. The molecule has 3 nitrogen and oxygen atoms in total. The van der Waals surface area contributed by atoms with Gasteiger partial charge in [-0.15, -0.1) is 0 Å². The second kappa shape index (κ2) is 19.7. The topological polar surface area (TPSA) is 9.72 Å². The molecule has 0 radical (unpaired) electrons. The number of fused-ring (bicyclic) bond motifs is 10. The van der Waals surface area contributed by atoms with E-state index in [9.17, 15) is 0 Å². The van der Waals surface area contributed by atoms with Crippen molar-refractivity contribution in [2.75, 3.05) is 14.7 Å². The second-order valence-corrected chi connectivity index (χ2v) is 28.9. The highest BCUT2D eigenvalue weighted by atomic mass is 15.3. The van der Waals surface area contributed by atoms with E-state index in [1.54, 1.807) is 0 Å². The highest BCUT2D eigenvalue weighted by Gasteiger charge is 2.63. The van der Waals surface area contributed by atoms with Crippen molar-refractivity contribution in [3.8, 4) is 33.4 Å². The zero-order chi connectivity index (χ0) is 60.1. The number of hydrogen-bond donors (Lipinski definition) is 0. The van der Waals surface area contributed by atoms with Crippen LogP contribution < -0.4 is 31.1 Å². The van der Waals surface area contributed by atoms with E-state index in [-0.39, 0.29) is 23.0 Å². The highest BCUT2D eigenvalue weighted by Crippen LogP contribution is 2.67. The average Bonchev–Trinajstić information content (AvgIpc) is 1.41. The molecule has 0 bridgehead atoms.